The lowest BCUT2D eigenvalue weighted by molar-refractivity contribution is 0.414. The van der Waals surface area contributed by atoms with Gasteiger partial charge in [0, 0.05) is 21.9 Å². The second-order valence-corrected chi connectivity index (χ2v) is 8.61. The molecule has 160 valence electrons. The summed E-state index contributed by atoms with van der Waals surface area (Å²) in [7, 11) is 1.71. The van der Waals surface area contributed by atoms with Crippen molar-refractivity contribution >= 4 is 21.8 Å². The van der Waals surface area contributed by atoms with E-state index in [0.29, 0.717) is 0 Å². The van der Waals surface area contributed by atoms with Gasteiger partial charge in [-0.2, -0.15) is 0 Å². The van der Waals surface area contributed by atoms with Gasteiger partial charge in [-0.25, -0.2) is 0 Å². The van der Waals surface area contributed by atoms with Gasteiger partial charge in [0.2, 0.25) is 0 Å². The van der Waals surface area contributed by atoms with Crippen molar-refractivity contribution in [1.82, 2.24) is 4.57 Å². The molecule has 0 N–H and O–H groups in total. The molecule has 0 aliphatic heterocycles. The largest absolute Gasteiger partial charge is 0.497 e. The third-order valence-corrected chi connectivity index (χ3v) is 6.88. The van der Waals surface area contributed by atoms with Gasteiger partial charge in [-0.1, -0.05) is 78.9 Å². The number of hydrogen-bond donors (Lipinski definition) is 0. The summed E-state index contributed by atoms with van der Waals surface area (Å²) in [5, 5.41) is 2.56. The number of rotatable bonds is 4. The molecule has 0 bridgehead atoms. The smallest absolute Gasteiger partial charge is 0.118 e. The number of nitrogens with zero attached hydrogens (tertiary/aromatic N) is 1. The number of methoxy groups -OCH3 is 1. The van der Waals surface area contributed by atoms with Crippen molar-refractivity contribution < 1.29 is 4.74 Å². The Bertz CT molecular complexity index is 1510. The van der Waals surface area contributed by atoms with Crippen LogP contribution in [0.5, 0.6) is 5.75 Å². The summed E-state index contributed by atoms with van der Waals surface area (Å²) in [5.74, 6) is 0.880. The monoisotopic (exact) mass is 427 g/mol. The molecule has 0 radical (unpaired) electrons. The first-order valence-corrected chi connectivity index (χ1v) is 11.4. The molecule has 1 heterocycles. The minimum Gasteiger partial charge on any atom is -0.497 e. The molecule has 4 aromatic carbocycles. The molecule has 2 heteroatoms. The van der Waals surface area contributed by atoms with E-state index >= 15 is 0 Å². The van der Waals surface area contributed by atoms with Gasteiger partial charge in [-0.05, 0) is 60.0 Å². The lowest BCUT2D eigenvalue weighted by atomic mass is 9.70. The normalized spacial score (nSPS) is 17.6. The average molecular weight is 428 g/mol. The summed E-state index contributed by atoms with van der Waals surface area (Å²) in [5.41, 5.74) is 6.01. The molecule has 1 aromatic heterocycles. The summed E-state index contributed by atoms with van der Waals surface area (Å²) in [6.45, 7) is 0. The lowest BCUT2D eigenvalue weighted by Gasteiger charge is -2.33. The highest BCUT2D eigenvalue weighted by Crippen LogP contribution is 2.42. The van der Waals surface area contributed by atoms with Crippen molar-refractivity contribution in [3.05, 3.63) is 132 Å². The van der Waals surface area contributed by atoms with Gasteiger partial charge in [0.25, 0.3) is 0 Å². The van der Waals surface area contributed by atoms with Crippen molar-refractivity contribution in [3.8, 4) is 11.4 Å². The lowest BCUT2D eigenvalue weighted by Crippen LogP contribution is -2.25. The van der Waals surface area contributed by atoms with Gasteiger partial charge in [0.1, 0.15) is 5.75 Å². The number of allylic oxidation sites excluding steroid dienone is 4. The van der Waals surface area contributed by atoms with Crippen LogP contribution in [0, 0.1) is 0 Å². The zero-order valence-corrected chi connectivity index (χ0v) is 18.6. The number of hydrogen-bond acceptors (Lipinski definition) is 1. The first-order chi connectivity index (χ1) is 16.3. The zero-order valence-electron chi connectivity index (χ0n) is 18.6. The summed E-state index contributed by atoms with van der Waals surface area (Å²) < 4.78 is 7.78. The van der Waals surface area contributed by atoms with Gasteiger partial charge in [-0.15, -0.1) is 0 Å². The van der Waals surface area contributed by atoms with Gasteiger partial charge in [0.15, 0.2) is 0 Å². The quantitative estimate of drug-likeness (QED) is 0.288. The highest BCUT2D eigenvalue weighted by molar-refractivity contribution is 6.09. The van der Waals surface area contributed by atoms with Gasteiger partial charge < -0.3 is 9.30 Å². The summed E-state index contributed by atoms with van der Waals surface area (Å²) in [6, 6.07) is 34.8. The molecule has 2 nitrogen and oxygen atoms in total. The van der Waals surface area contributed by atoms with Crippen LogP contribution in [-0.2, 0) is 5.41 Å². The molecule has 1 aliphatic carbocycles. The standard InChI is InChI=1S/C31H25NO/c1-33-26-17-14-23(15-18-26)31(20-8-3-9-21-31)24-16-19-30-28(22-24)27-12-6-7-13-29(27)32(30)25-10-4-2-5-11-25/h2-20,22H,21H2,1H3. The van der Waals surface area contributed by atoms with Gasteiger partial charge in [0.05, 0.1) is 18.1 Å². The van der Waals surface area contributed by atoms with Crippen LogP contribution in [0.15, 0.2) is 121 Å². The molecule has 0 spiro atoms. The van der Waals surface area contributed by atoms with Crippen molar-refractivity contribution in [1.29, 1.82) is 0 Å². The SMILES string of the molecule is COc1ccc(C2(c3ccc4c(c3)c3ccccc3n4-c3ccccc3)C=CC=CC2)cc1. The summed E-state index contributed by atoms with van der Waals surface area (Å²) >= 11 is 0. The van der Waals surface area contributed by atoms with Crippen LogP contribution < -0.4 is 4.74 Å². The van der Waals surface area contributed by atoms with Crippen LogP contribution in [-0.4, -0.2) is 11.7 Å². The Morgan fingerprint density at radius 2 is 1.42 bits per heavy atom. The first-order valence-electron chi connectivity index (χ1n) is 11.4. The van der Waals surface area contributed by atoms with Crippen LogP contribution >= 0.6 is 0 Å². The fourth-order valence-electron chi connectivity index (χ4n) is 5.21. The molecule has 0 saturated heterocycles. The highest BCUT2D eigenvalue weighted by Gasteiger charge is 2.32. The predicted molar refractivity (Wildman–Crippen MR) is 137 cm³/mol. The molecule has 6 rings (SSSR count). The second-order valence-electron chi connectivity index (χ2n) is 8.61. The molecular weight excluding hydrogens is 402 g/mol. The highest BCUT2D eigenvalue weighted by atomic mass is 16.5. The molecular formula is C31H25NO. The van der Waals surface area contributed by atoms with Crippen molar-refractivity contribution in [3.63, 3.8) is 0 Å². The maximum atomic E-state index is 5.41. The maximum Gasteiger partial charge on any atom is 0.118 e. The third-order valence-electron chi connectivity index (χ3n) is 6.88. The van der Waals surface area contributed by atoms with Crippen LogP contribution in [0.3, 0.4) is 0 Å². The van der Waals surface area contributed by atoms with Crippen LogP contribution in [0.25, 0.3) is 27.5 Å². The summed E-state index contributed by atoms with van der Waals surface area (Å²) in [6.07, 6.45) is 9.85. The molecule has 0 amide bonds. The van der Waals surface area contributed by atoms with E-state index in [2.05, 4.69) is 126 Å². The number of benzene rings is 4. The zero-order chi connectivity index (χ0) is 22.3. The maximum absolute atomic E-state index is 5.41. The van der Waals surface area contributed by atoms with E-state index in [1.807, 2.05) is 0 Å². The molecule has 0 saturated carbocycles. The van der Waals surface area contributed by atoms with E-state index in [4.69, 9.17) is 4.74 Å². The molecule has 0 fully saturated rings. The second kappa shape index (κ2) is 7.83. The third kappa shape index (κ3) is 3.10. The Kier molecular flexibility index (Phi) is 4.66. The topological polar surface area (TPSA) is 14.2 Å². The van der Waals surface area contributed by atoms with Crippen LogP contribution in [0.1, 0.15) is 17.5 Å². The van der Waals surface area contributed by atoms with Crippen molar-refractivity contribution in [2.75, 3.05) is 7.11 Å². The summed E-state index contributed by atoms with van der Waals surface area (Å²) in [4.78, 5) is 0. The Morgan fingerprint density at radius 1 is 0.697 bits per heavy atom. The number of ether oxygens (including phenoxy) is 1. The first kappa shape index (κ1) is 19.6. The Labute approximate surface area is 194 Å². The van der Waals surface area contributed by atoms with E-state index in [1.54, 1.807) is 7.11 Å². The number of para-hydroxylation sites is 2. The average Bonchev–Trinajstić information content (AvgIpc) is 3.23. The van der Waals surface area contributed by atoms with Crippen LogP contribution in [0.4, 0.5) is 0 Å². The minimum atomic E-state index is -0.203. The van der Waals surface area contributed by atoms with E-state index in [-0.39, 0.29) is 5.41 Å². The molecule has 1 atom stereocenters. The molecule has 33 heavy (non-hydrogen) atoms. The minimum absolute atomic E-state index is 0.203. The van der Waals surface area contributed by atoms with Gasteiger partial charge in [-0.3, -0.25) is 0 Å². The van der Waals surface area contributed by atoms with Crippen LogP contribution in [0.2, 0.25) is 0 Å². The Morgan fingerprint density at radius 3 is 2.18 bits per heavy atom. The Hall–Kier alpha value is -4.04. The molecule has 5 aromatic rings. The Balaban J connectivity index is 1.61. The molecule has 1 unspecified atom stereocenters. The van der Waals surface area contributed by atoms with Crippen molar-refractivity contribution in [2.24, 2.45) is 0 Å². The number of fused-ring (bicyclic) bond motifs is 3. The van der Waals surface area contributed by atoms with Crippen molar-refractivity contribution in [2.45, 2.75) is 11.8 Å². The molecule has 1 aliphatic rings. The van der Waals surface area contributed by atoms with E-state index < -0.39 is 0 Å². The predicted octanol–water partition coefficient (Wildman–Crippen LogP) is 7.59. The van der Waals surface area contributed by atoms with E-state index in [1.165, 1.54) is 38.6 Å². The van der Waals surface area contributed by atoms with E-state index in [0.717, 1.165) is 12.2 Å². The fourth-order valence-corrected chi connectivity index (χ4v) is 5.21. The fraction of sp³-hybridized carbons (Fsp3) is 0.0968. The van der Waals surface area contributed by atoms with E-state index in [9.17, 15) is 0 Å². The van der Waals surface area contributed by atoms with Gasteiger partial charge >= 0.3 is 0 Å². The number of aromatic nitrogens is 1.